The maximum Gasteiger partial charge on any atom is 0.227 e. The molecule has 0 spiro atoms. The highest BCUT2D eigenvalue weighted by Gasteiger charge is 2.25. The Labute approximate surface area is 196 Å². The zero-order valence-electron chi connectivity index (χ0n) is 19.8. The van der Waals surface area contributed by atoms with Gasteiger partial charge in [0.1, 0.15) is 0 Å². The molecule has 0 atom stereocenters. The molecule has 2 saturated carbocycles. The molecule has 0 unspecified atom stereocenters. The molecule has 1 aliphatic heterocycles. The summed E-state index contributed by atoms with van der Waals surface area (Å²) < 4.78 is 2.28. The van der Waals surface area contributed by atoms with E-state index in [4.69, 9.17) is 25.8 Å². The van der Waals surface area contributed by atoms with Gasteiger partial charge in [-0.3, -0.25) is 0 Å². The lowest BCUT2D eigenvalue weighted by molar-refractivity contribution is 0.195. The van der Waals surface area contributed by atoms with Crippen LogP contribution in [0.1, 0.15) is 83.1 Å². The van der Waals surface area contributed by atoms with E-state index in [0.717, 1.165) is 81.4 Å². The fourth-order valence-corrected chi connectivity index (χ4v) is 5.82. The minimum Gasteiger partial charge on any atom is -0.396 e. The van der Waals surface area contributed by atoms with Crippen LogP contribution in [0.3, 0.4) is 0 Å². The van der Waals surface area contributed by atoms with Crippen molar-refractivity contribution in [3.05, 3.63) is 6.33 Å². The molecule has 0 bridgehead atoms. The fraction of sp³-hybridized carbons (Fsp3) is 0.792. The number of imidazole rings is 1. The number of nitrogens with two attached hydrogens (primary N) is 1. The Hall–Kier alpha value is -1.97. The van der Waals surface area contributed by atoms with E-state index in [0.29, 0.717) is 36.6 Å². The van der Waals surface area contributed by atoms with Crippen LogP contribution in [0, 0.1) is 5.92 Å². The summed E-state index contributed by atoms with van der Waals surface area (Å²) in [5.74, 6) is 2.21. The Kier molecular flexibility index (Phi) is 7.27. The van der Waals surface area contributed by atoms with Gasteiger partial charge in [-0.1, -0.05) is 12.8 Å². The first-order chi connectivity index (χ1) is 16.2. The number of rotatable bonds is 8. The van der Waals surface area contributed by atoms with E-state index in [1.807, 2.05) is 6.33 Å². The van der Waals surface area contributed by atoms with Crippen LogP contribution in [0.5, 0.6) is 0 Å². The summed E-state index contributed by atoms with van der Waals surface area (Å²) in [4.78, 5) is 14.6. The number of fused-ring (bicyclic) bond motifs is 1. The van der Waals surface area contributed by atoms with Crippen LogP contribution < -0.4 is 16.5 Å². The molecule has 5 rings (SSSR count). The average molecular weight is 457 g/mol. The van der Waals surface area contributed by atoms with Crippen molar-refractivity contribution in [3.63, 3.8) is 0 Å². The highest BCUT2D eigenvalue weighted by atomic mass is 16.2. The van der Waals surface area contributed by atoms with Gasteiger partial charge >= 0.3 is 0 Å². The molecule has 9 heteroatoms. The number of hydrogen-bond donors (Lipinski definition) is 4. The van der Waals surface area contributed by atoms with Crippen molar-refractivity contribution in [2.24, 2.45) is 11.7 Å². The lowest BCUT2D eigenvalue weighted by Gasteiger charge is -2.32. The molecule has 5 N–H and O–H groups in total. The SMILES string of the molecule is NC1CCC(Nc2nc(NN3CCC(CCCO)CC3)c3ncn(C4CCCC4)c3n2)CC1. The third-order valence-electron chi connectivity index (χ3n) is 7.89. The van der Waals surface area contributed by atoms with Crippen LogP contribution in [-0.4, -0.2) is 61.4 Å². The summed E-state index contributed by atoms with van der Waals surface area (Å²) in [7, 11) is 0. The van der Waals surface area contributed by atoms with E-state index in [9.17, 15) is 0 Å². The van der Waals surface area contributed by atoms with Gasteiger partial charge in [0.05, 0.1) is 6.33 Å². The van der Waals surface area contributed by atoms with Crippen molar-refractivity contribution in [1.29, 1.82) is 0 Å². The van der Waals surface area contributed by atoms with Crippen molar-refractivity contribution >= 4 is 22.9 Å². The molecular formula is C24H40N8O. The molecule has 3 aliphatic rings. The van der Waals surface area contributed by atoms with Crippen LogP contribution in [0.25, 0.3) is 11.2 Å². The Morgan fingerprint density at radius 1 is 1.00 bits per heavy atom. The average Bonchev–Trinajstić information content (AvgIpc) is 3.50. The second kappa shape index (κ2) is 10.5. The smallest absolute Gasteiger partial charge is 0.227 e. The molecule has 3 heterocycles. The molecule has 2 aliphatic carbocycles. The van der Waals surface area contributed by atoms with E-state index in [1.165, 1.54) is 25.7 Å². The molecule has 182 valence electrons. The predicted octanol–water partition coefficient (Wildman–Crippen LogP) is 3.43. The summed E-state index contributed by atoms with van der Waals surface area (Å²) in [6.45, 7) is 2.26. The van der Waals surface area contributed by atoms with E-state index < -0.39 is 0 Å². The minimum absolute atomic E-state index is 0.295. The zero-order chi connectivity index (χ0) is 22.6. The van der Waals surface area contributed by atoms with Gasteiger partial charge in [0.2, 0.25) is 5.95 Å². The Morgan fingerprint density at radius 3 is 2.48 bits per heavy atom. The van der Waals surface area contributed by atoms with Gasteiger partial charge in [0.15, 0.2) is 17.0 Å². The molecule has 9 nitrogen and oxygen atoms in total. The van der Waals surface area contributed by atoms with Crippen molar-refractivity contribution < 1.29 is 5.11 Å². The largest absolute Gasteiger partial charge is 0.396 e. The lowest BCUT2D eigenvalue weighted by Crippen LogP contribution is -2.38. The second-order valence-electron chi connectivity index (χ2n) is 10.3. The van der Waals surface area contributed by atoms with Crippen LogP contribution >= 0.6 is 0 Å². The number of aliphatic hydroxyl groups excluding tert-OH is 1. The lowest BCUT2D eigenvalue weighted by atomic mass is 9.92. The van der Waals surface area contributed by atoms with Crippen LogP contribution in [0.15, 0.2) is 6.33 Å². The van der Waals surface area contributed by atoms with Crippen LogP contribution in [0.2, 0.25) is 0 Å². The first-order valence-corrected chi connectivity index (χ1v) is 13.1. The highest BCUT2D eigenvalue weighted by Crippen LogP contribution is 2.33. The number of nitrogens with zero attached hydrogens (tertiary/aromatic N) is 5. The fourth-order valence-electron chi connectivity index (χ4n) is 5.82. The molecule has 0 amide bonds. The Morgan fingerprint density at radius 2 is 1.76 bits per heavy atom. The van der Waals surface area contributed by atoms with Crippen molar-refractivity contribution in [1.82, 2.24) is 24.5 Å². The number of aromatic nitrogens is 4. The minimum atomic E-state index is 0.295. The third kappa shape index (κ3) is 5.41. The monoisotopic (exact) mass is 456 g/mol. The number of anilines is 2. The summed E-state index contributed by atoms with van der Waals surface area (Å²) in [6, 6.07) is 1.19. The predicted molar refractivity (Wildman–Crippen MR) is 131 cm³/mol. The van der Waals surface area contributed by atoms with E-state index in [2.05, 4.69) is 20.3 Å². The zero-order valence-corrected chi connectivity index (χ0v) is 19.8. The summed E-state index contributed by atoms with van der Waals surface area (Å²) in [6.07, 6.45) is 15.5. The van der Waals surface area contributed by atoms with E-state index in [-0.39, 0.29) is 0 Å². The normalized spacial score (nSPS) is 25.6. The molecular weight excluding hydrogens is 416 g/mol. The summed E-state index contributed by atoms with van der Waals surface area (Å²) in [5, 5.41) is 15.0. The highest BCUT2D eigenvalue weighted by molar-refractivity contribution is 5.84. The first-order valence-electron chi connectivity index (χ1n) is 13.1. The molecule has 3 fully saturated rings. The van der Waals surface area contributed by atoms with Gasteiger partial charge in [-0.05, 0) is 70.1 Å². The van der Waals surface area contributed by atoms with Gasteiger partial charge in [0.25, 0.3) is 0 Å². The molecule has 0 aromatic carbocycles. The number of nitrogens with one attached hydrogen (secondary N) is 2. The topological polar surface area (TPSA) is 117 Å². The van der Waals surface area contributed by atoms with Gasteiger partial charge in [-0.15, -0.1) is 0 Å². The van der Waals surface area contributed by atoms with Crippen LogP contribution in [-0.2, 0) is 0 Å². The van der Waals surface area contributed by atoms with Crippen LogP contribution in [0.4, 0.5) is 11.8 Å². The third-order valence-corrected chi connectivity index (χ3v) is 7.89. The maximum atomic E-state index is 9.12. The van der Waals surface area contributed by atoms with Gasteiger partial charge in [-0.25, -0.2) is 9.99 Å². The molecule has 33 heavy (non-hydrogen) atoms. The van der Waals surface area contributed by atoms with Gasteiger partial charge in [0, 0.05) is 37.8 Å². The summed E-state index contributed by atoms with van der Waals surface area (Å²) >= 11 is 0. The molecule has 2 aromatic rings. The number of hydrogen-bond acceptors (Lipinski definition) is 8. The van der Waals surface area contributed by atoms with E-state index in [1.54, 1.807) is 0 Å². The Balaban J connectivity index is 1.35. The second-order valence-corrected chi connectivity index (χ2v) is 10.3. The number of piperidine rings is 1. The van der Waals surface area contributed by atoms with Gasteiger partial charge < -0.3 is 26.1 Å². The molecule has 2 aromatic heterocycles. The van der Waals surface area contributed by atoms with E-state index >= 15 is 0 Å². The van der Waals surface area contributed by atoms with Crippen molar-refractivity contribution in [3.8, 4) is 0 Å². The van der Waals surface area contributed by atoms with Gasteiger partial charge in [-0.2, -0.15) is 9.97 Å². The van der Waals surface area contributed by atoms with Crippen molar-refractivity contribution in [2.75, 3.05) is 30.4 Å². The number of hydrazine groups is 1. The molecule has 1 saturated heterocycles. The quantitative estimate of drug-likeness (QED) is 0.477. The maximum absolute atomic E-state index is 9.12. The summed E-state index contributed by atoms with van der Waals surface area (Å²) in [5.41, 5.74) is 11.5. The standard InChI is InChI=1S/C24H40N8O/c25-18-7-9-19(10-8-18)27-24-28-22(30-31-13-11-17(12-14-31)4-3-15-33)21-23(29-24)32(16-26-21)20-5-1-2-6-20/h16-20,33H,1-15,25H2,(H2,27,28,29,30). The molecule has 0 radical (unpaired) electrons. The Bertz CT molecular complexity index is 895. The first kappa shape index (κ1) is 22.8. The number of aliphatic hydroxyl groups is 1. The van der Waals surface area contributed by atoms with Crippen molar-refractivity contribution in [2.45, 2.75) is 95.2 Å².